The van der Waals surface area contributed by atoms with Crippen LogP contribution in [0.15, 0.2) is 24.5 Å². The van der Waals surface area contributed by atoms with Gasteiger partial charge in [0.1, 0.15) is 0 Å². The van der Waals surface area contributed by atoms with Crippen molar-refractivity contribution in [3.8, 4) is 0 Å². The second-order valence-corrected chi connectivity index (χ2v) is 5.68. The predicted molar refractivity (Wildman–Crippen MR) is 70.7 cm³/mol. The van der Waals surface area contributed by atoms with Gasteiger partial charge in [0, 0.05) is 31.0 Å². The second-order valence-electron chi connectivity index (χ2n) is 5.68. The van der Waals surface area contributed by atoms with Gasteiger partial charge >= 0.3 is 0 Å². The summed E-state index contributed by atoms with van der Waals surface area (Å²) in [5.74, 6) is 0.762. The van der Waals surface area contributed by atoms with Crippen molar-refractivity contribution in [1.29, 1.82) is 0 Å². The van der Waals surface area contributed by atoms with Gasteiger partial charge in [-0.3, -0.25) is 9.88 Å². The molecular weight excluding hydrogens is 208 g/mol. The third-order valence-electron chi connectivity index (χ3n) is 4.02. The first-order valence-electron chi connectivity index (χ1n) is 6.54. The van der Waals surface area contributed by atoms with Gasteiger partial charge in [0.05, 0.1) is 0 Å². The molecule has 3 rings (SSSR count). The van der Waals surface area contributed by atoms with Crippen molar-refractivity contribution in [2.45, 2.75) is 39.3 Å². The van der Waals surface area contributed by atoms with E-state index in [1.165, 1.54) is 29.7 Å². The van der Waals surface area contributed by atoms with E-state index in [0.717, 1.165) is 5.92 Å². The maximum Gasteiger partial charge on any atom is 0.0360 e. The van der Waals surface area contributed by atoms with E-state index in [2.05, 4.69) is 42.8 Å². The fraction of sp³-hybridized carbons (Fsp3) is 0.533. The van der Waals surface area contributed by atoms with Gasteiger partial charge in [-0.05, 0) is 55.9 Å². The standard InChI is InChI=1S/C15H20N2/c1-10(2)17-9-12-5-14(15(17)6-12)13-4-11(3)7-16-8-13/h4-5,7-8,10,12,15H,6,9H2,1-3H3. The van der Waals surface area contributed by atoms with E-state index >= 15 is 0 Å². The monoisotopic (exact) mass is 228 g/mol. The number of hydrogen-bond acceptors (Lipinski definition) is 2. The molecular formula is C15H20N2. The normalized spacial score (nSPS) is 27.9. The van der Waals surface area contributed by atoms with Crippen LogP contribution in [0.5, 0.6) is 0 Å². The van der Waals surface area contributed by atoms with Gasteiger partial charge in [-0.15, -0.1) is 0 Å². The number of rotatable bonds is 2. The minimum absolute atomic E-state index is 0.628. The predicted octanol–water partition coefficient (Wildman–Crippen LogP) is 2.89. The molecule has 0 saturated carbocycles. The van der Waals surface area contributed by atoms with Crippen molar-refractivity contribution < 1.29 is 0 Å². The molecule has 2 bridgehead atoms. The Morgan fingerprint density at radius 2 is 2.18 bits per heavy atom. The highest BCUT2D eigenvalue weighted by molar-refractivity contribution is 5.73. The Labute approximate surface area is 103 Å². The quantitative estimate of drug-likeness (QED) is 0.773. The third-order valence-corrected chi connectivity index (χ3v) is 4.02. The Hall–Kier alpha value is -1.15. The maximum atomic E-state index is 4.32. The van der Waals surface area contributed by atoms with Gasteiger partial charge in [-0.2, -0.15) is 0 Å². The average molecular weight is 228 g/mol. The van der Waals surface area contributed by atoms with E-state index in [1.807, 2.05) is 12.4 Å². The van der Waals surface area contributed by atoms with E-state index in [4.69, 9.17) is 0 Å². The van der Waals surface area contributed by atoms with Crippen LogP contribution in [0.4, 0.5) is 0 Å². The number of fused-ring (bicyclic) bond motifs is 2. The first-order valence-corrected chi connectivity index (χ1v) is 6.54. The summed E-state index contributed by atoms with van der Waals surface area (Å²) in [6, 6.07) is 3.54. The van der Waals surface area contributed by atoms with Crippen LogP contribution in [-0.2, 0) is 0 Å². The molecule has 2 unspecified atom stereocenters. The van der Waals surface area contributed by atoms with Crippen molar-refractivity contribution >= 4 is 5.57 Å². The second kappa shape index (κ2) is 3.95. The van der Waals surface area contributed by atoms with Crippen LogP contribution in [0, 0.1) is 12.8 Å². The summed E-state index contributed by atoms with van der Waals surface area (Å²) in [5, 5.41) is 0. The number of pyridine rings is 1. The van der Waals surface area contributed by atoms with Crippen molar-refractivity contribution in [3.05, 3.63) is 35.7 Å². The van der Waals surface area contributed by atoms with E-state index in [0.29, 0.717) is 12.1 Å². The number of aromatic nitrogens is 1. The summed E-state index contributed by atoms with van der Waals surface area (Å²) < 4.78 is 0. The molecule has 0 radical (unpaired) electrons. The first kappa shape index (κ1) is 11.0. The number of likely N-dealkylation sites (tertiary alicyclic amines) is 1. The molecule has 1 aromatic heterocycles. The van der Waals surface area contributed by atoms with Crippen LogP contribution < -0.4 is 0 Å². The van der Waals surface area contributed by atoms with Gasteiger partial charge in [0.2, 0.25) is 0 Å². The molecule has 0 amide bonds. The minimum atomic E-state index is 0.628. The van der Waals surface area contributed by atoms with E-state index < -0.39 is 0 Å². The van der Waals surface area contributed by atoms with Crippen LogP contribution in [0.1, 0.15) is 31.4 Å². The van der Waals surface area contributed by atoms with Crippen LogP contribution in [0.25, 0.3) is 5.57 Å². The van der Waals surface area contributed by atoms with Gasteiger partial charge in [0.25, 0.3) is 0 Å². The van der Waals surface area contributed by atoms with Crippen LogP contribution in [0.3, 0.4) is 0 Å². The molecule has 2 heterocycles. The molecule has 1 aliphatic heterocycles. The average Bonchev–Trinajstić information content (AvgIpc) is 2.88. The highest BCUT2D eigenvalue weighted by Gasteiger charge is 2.40. The topological polar surface area (TPSA) is 16.1 Å². The molecule has 17 heavy (non-hydrogen) atoms. The Kier molecular flexibility index (Phi) is 2.55. The molecule has 2 nitrogen and oxygen atoms in total. The lowest BCUT2D eigenvalue weighted by atomic mass is 10.00. The molecule has 0 aromatic carbocycles. The number of nitrogens with zero attached hydrogens (tertiary/aromatic N) is 2. The molecule has 2 atom stereocenters. The highest BCUT2D eigenvalue weighted by Crippen LogP contribution is 2.42. The van der Waals surface area contributed by atoms with Crippen LogP contribution in [0.2, 0.25) is 0 Å². The zero-order valence-electron chi connectivity index (χ0n) is 10.9. The SMILES string of the molecule is Cc1cncc(C2=CC3CC2N(C(C)C)C3)c1. The summed E-state index contributed by atoms with van der Waals surface area (Å²) in [5.41, 5.74) is 4.08. The molecule has 1 aliphatic carbocycles. The first-order chi connectivity index (χ1) is 8.15. The molecule has 2 aliphatic rings. The van der Waals surface area contributed by atoms with Gasteiger partial charge in [0.15, 0.2) is 0 Å². The highest BCUT2D eigenvalue weighted by atomic mass is 15.2. The Balaban J connectivity index is 1.93. The summed E-state index contributed by atoms with van der Waals surface area (Å²) in [7, 11) is 0. The van der Waals surface area contributed by atoms with Gasteiger partial charge in [-0.25, -0.2) is 0 Å². The van der Waals surface area contributed by atoms with E-state index in [-0.39, 0.29) is 0 Å². The Morgan fingerprint density at radius 1 is 1.35 bits per heavy atom. The fourth-order valence-electron chi connectivity index (χ4n) is 3.26. The lowest BCUT2D eigenvalue weighted by Gasteiger charge is -2.31. The Bertz CT molecular complexity index is 462. The largest absolute Gasteiger partial charge is 0.293 e. The van der Waals surface area contributed by atoms with Crippen molar-refractivity contribution in [2.75, 3.05) is 6.54 Å². The number of aryl methyl sites for hydroxylation is 1. The molecule has 90 valence electrons. The molecule has 0 spiro atoms. The third kappa shape index (κ3) is 1.81. The summed E-state index contributed by atoms with van der Waals surface area (Å²) in [4.78, 5) is 6.95. The zero-order valence-corrected chi connectivity index (χ0v) is 10.9. The van der Waals surface area contributed by atoms with Gasteiger partial charge < -0.3 is 0 Å². The van der Waals surface area contributed by atoms with Crippen molar-refractivity contribution in [2.24, 2.45) is 5.92 Å². The molecule has 0 N–H and O–H groups in total. The number of hydrogen-bond donors (Lipinski definition) is 0. The Morgan fingerprint density at radius 3 is 2.82 bits per heavy atom. The van der Waals surface area contributed by atoms with Crippen molar-refractivity contribution in [3.63, 3.8) is 0 Å². The lowest BCUT2D eigenvalue weighted by Crippen LogP contribution is -2.37. The lowest BCUT2D eigenvalue weighted by molar-refractivity contribution is 0.231. The molecule has 2 heteroatoms. The summed E-state index contributed by atoms with van der Waals surface area (Å²) in [6.45, 7) is 7.95. The zero-order chi connectivity index (χ0) is 12.0. The summed E-state index contributed by atoms with van der Waals surface area (Å²) in [6.07, 6.45) is 7.72. The fourth-order valence-corrected chi connectivity index (χ4v) is 3.26. The van der Waals surface area contributed by atoms with Crippen LogP contribution >= 0.6 is 0 Å². The molecule has 1 fully saturated rings. The van der Waals surface area contributed by atoms with E-state index in [1.54, 1.807) is 0 Å². The molecule has 1 saturated heterocycles. The maximum absolute atomic E-state index is 4.32. The van der Waals surface area contributed by atoms with Crippen LogP contribution in [-0.4, -0.2) is 28.5 Å². The minimum Gasteiger partial charge on any atom is -0.293 e. The van der Waals surface area contributed by atoms with E-state index in [9.17, 15) is 0 Å². The van der Waals surface area contributed by atoms with Crippen molar-refractivity contribution in [1.82, 2.24) is 9.88 Å². The smallest absolute Gasteiger partial charge is 0.0360 e. The van der Waals surface area contributed by atoms with Gasteiger partial charge in [-0.1, -0.05) is 6.08 Å². The molecule has 1 aromatic rings. The summed E-state index contributed by atoms with van der Waals surface area (Å²) >= 11 is 0.